The third-order valence-electron chi connectivity index (χ3n) is 5.93. The predicted molar refractivity (Wildman–Crippen MR) is 130 cm³/mol. The number of nitrogens with one attached hydrogen (secondary N) is 1. The Hall–Kier alpha value is -3.68. The second-order valence-corrected chi connectivity index (χ2v) is 8.06. The van der Waals surface area contributed by atoms with Crippen molar-refractivity contribution in [1.29, 1.82) is 5.41 Å². The van der Waals surface area contributed by atoms with E-state index in [0.29, 0.717) is 17.9 Å². The third-order valence-corrected chi connectivity index (χ3v) is 5.93. The van der Waals surface area contributed by atoms with Crippen LogP contribution in [0.4, 0.5) is 0 Å². The van der Waals surface area contributed by atoms with Gasteiger partial charge in [0.15, 0.2) is 0 Å². The molecule has 0 radical (unpaired) electrons. The van der Waals surface area contributed by atoms with Crippen LogP contribution < -0.4 is 11.5 Å². The van der Waals surface area contributed by atoms with E-state index < -0.39 is 0 Å². The van der Waals surface area contributed by atoms with Crippen LogP contribution in [0, 0.1) is 5.41 Å². The summed E-state index contributed by atoms with van der Waals surface area (Å²) in [6.45, 7) is 2.64. The average Bonchev–Trinajstić information content (AvgIpc) is 3.27. The number of nitrogens with zero attached hydrogens (tertiary/aromatic N) is 5. The van der Waals surface area contributed by atoms with Gasteiger partial charge in [0.05, 0.1) is 22.1 Å². The molecule has 0 unspecified atom stereocenters. The summed E-state index contributed by atoms with van der Waals surface area (Å²) < 4.78 is 4.28. The molecule has 0 saturated heterocycles. The maximum absolute atomic E-state index is 7.62. The van der Waals surface area contributed by atoms with Gasteiger partial charge >= 0.3 is 0 Å². The van der Waals surface area contributed by atoms with E-state index in [9.17, 15) is 0 Å². The van der Waals surface area contributed by atoms with Crippen LogP contribution in [-0.4, -0.2) is 37.3 Å². The number of unbranched alkanes of at least 4 members (excludes halogenated alkanes) is 1. The number of imidazole rings is 2. The fraction of sp³-hybridized carbons (Fsp3) is 0.333. The molecule has 5 N–H and O–H groups in total. The molecule has 2 aromatic carbocycles. The zero-order chi connectivity index (χ0) is 22.8. The maximum Gasteiger partial charge on any atom is 0.125 e. The molecule has 0 bridgehead atoms. The molecule has 2 heterocycles. The molecular formula is C24H30N8. The number of nitrogens with two attached hydrogens (primary N) is 2. The van der Waals surface area contributed by atoms with Gasteiger partial charge in [-0.05, 0) is 56.2 Å². The van der Waals surface area contributed by atoms with Gasteiger partial charge in [-0.2, -0.15) is 0 Å². The van der Waals surface area contributed by atoms with E-state index >= 15 is 0 Å². The summed E-state index contributed by atoms with van der Waals surface area (Å²) in [4.78, 5) is 13.9. The fourth-order valence-corrected chi connectivity index (χ4v) is 4.10. The summed E-state index contributed by atoms with van der Waals surface area (Å²) in [5.74, 6) is 2.73. The van der Waals surface area contributed by atoms with Crippen molar-refractivity contribution in [2.75, 3.05) is 6.54 Å². The monoisotopic (exact) mass is 430 g/mol. The van der Waals surface area contributed by atoms with Crippen LogP contribution in [0.15, 0.2) is 41.4 Å². The van der Waals surface area contributed by atoms with Crippen LogP contribution in [0.2, 0.25) is 0 Å². The van der Waals surface area contributed by atoms with Gasteiger partial charge in [-0.25, -0.2) is 9.97 Å². The van der Waals surface area contributed by atoms with Crippen LogP contribution in [0.1, 0.15) is 42.5 Å². The standard InChI is InChI=1S/C24H30N8/c1-4-28-24(27)16-10-12-20-18(14-16)30-22(32(20)3)8-6-5-7-21-29-17-13-15(23(25)26)9-11-19(17)31(21)2/h9-14H,4-8H2,1-3H3,(H3,25,26)(H2,27,28). The van der Waals surface area contributed by atoms with Gasteiger partial charge < -0.3 is 20.6 Å². The maximum atomic E-state index is 7.62. The van der Waals surface area contributed by atoms with Crippen LogP contribution in [0.25, 0.3) is 22.1 Å². The number of benzene rings is 2. The molecule has 4 rings (SSSR count). The zero-order valence-corrected chi connectivity index (χ0v) is 18.9. The minimum Gasteiger partial charge on any atom is -0.384 e. The smallest absolute Gasteiger partial charge is 0.125 e. The lowest BCUT2D eigenvalue weighted by atomic mass is 10.2. The molecule has 0 amide bonds. The molecule has 8 nitrogen and oxygen atoms in total. The van der Waals surface area contributed by atoms with E-state index in [-0.39, 0.29) is 5.84 Å². The van der Waals surface area contributed by atoms with E-state index in [1.54, 1.807) is 0 Å². The molecule has 0 spiro atoms. The Morgan fingerprint density at radius 1 is 0.875 bits per heavy atom. The fourth-order valence-electron chi connectivity index (χ4n) is 4.10. The number of aryl methyl sites for hydroxylation is 4. The Labute approximate surface area is 187 Å². The first-order chi connectivity index (χ1) is 15.4. The lowest BCUT2D eigenvalue weighted by Gasteiger charge is -2.04. The number of nitrogen functional groups attached to an aromatic ring is 1. The second-order valence-electron chi connectivity index (χ2n) is 8.06. The van der Waals surface area contributed by atoms with Crippen molar-refractivity contribution in [3.05, 3.63) is 59.2 Å². The first kappa shape index (κ1) is 21.5. The van der Waals surface area contributed by atoms with Crippen molar-refractivity contribution in [2.24, 2.45) is 30.6 Å². The summed E-state index contributed by atoms with van der Waals surface area (Å²) >= 11 is 0. The predicted octanol–water partition coefficient (Wildman–Crippen LogP) is 3.03. The zero-order valence-electron chi connectivity index (χ0n) is 18.9. The highest BCUT2D eigenvalue weighted by Gasteiger charge is 2.12. The molecule has 0 aliphatic carbocycles. The number of aliphatic imine (C=N–C) groups is 1. The third kappa shape index (κ3) is 4.08. The molecule has 0 aliphatic rings. The highest BCUT2D eigenvalue weighted by atomic mass is 15.1. The molecule has 4 aromatic rings. The summed E-state index contributed by atoms with van der Waals surface area (Å²) in [6, 6.07) is 11.8. The summed E-state index contributed by atoms with van der Waals surface area (Å²) in [5, 5.41) is 7.62. The molecule has 0 saturated carbocycles. The van der Waals surface area contributed by atoms with Gasteiger partial charge in [0.2, 0.25) is 0 Å². The Morgan fingerprint density at radius 2 is 1.38 bits per heavy atom. The Bertz CT molecular complexity index is 1330. The highest BCUT2D eigenvalue weighted by Crippen LogP contribution is 2.20. The van der Waals surface area contributed by atoms with Gasteiger partial charge in [-0.15, -0.1) is 0 Å². The topological polar surface area (TPSA) is 124 Å². The van der Waals surface area contributed by atoms with Crippen molar-refractivity contribution >= 4 is 33.7 Å². The SMILES string of the molecule is CCN=C(N)c1ccc2c(c1)nc(CCCCc1nc3cc(C(=N)N)ccc3n1C)n2C. The van der Waals surface area contributed by atoms with Crippen LogP contribution in [0.3, 0.4) is 0 Å². The van der Waals surface area contributed by atoms with Crippen LogP contribution >= 0.6 is 0 Å². The molecule has 2 aromatic heterocycles. The Balaban J connectivity index is 1.43. The van der Waals surface area contributed by atoms with Crippen molar-refractivity contribution in [2.45, 2.75) is 32.6 Å². The number of amidine groups is 2. The number of hydrogen-bond donors (Lipinski definition) is 3. The highest BCUT2D eigenvalue weighted by molar-refractivity contribution is 6.00. The van der Waals surface area contributed by atoms with Crippen molar-refractivity contribution in [1.82, 2.24) is 19.1 Å². The van der Waals surface area contributed by atoms with Gasteiger partial charge in [-0.3, -0.25) is 10.4 Å². The number of aromatic nitrogens is 4. The van der Waals surface area contributed by atoms with Gasteiger partial charge in [-0.1, -0.05) is 0 Å². The lowest BCUT2D eigenvalue weighted by molar-refractivity contribution is 0.659. The summed E-state index contributed by atoms with van der Waals surface area (Å²) in [7, 11) is 4.10. The first-order valence-corrected chi connectivity index (χ1v) is 10.9. The molecular weight excluding hydrogens is 400 g/mol. The van der Waals surface area contributed by atoms with Gasteiger partial charge in [0, 0.05) is 44.6 Å². The van der Waals surface area contributed by atoms with Crippen molar-refractivity contribution < 1.29 is 0 Å². The lowest BCUT2D eigenvalue weighted by Crippen LogP contribution is -2.13. The molecule has 8 heteroatoms. The normalized spacial score (nSPS) is 12.2. The van der Waals surface area contributed by atoms with E-state index in [1.165, 1.54) is 0 Å². The minimum atomic E-state index is 0.0639. The number of fused-ring (bicyclic) bond motifs is 2. The van der Waals surface area contributed by atoms with Gasteiger partial charge in [0.25, 0.3) is 0 Å². The Kier molecular flexibility index (Phi) is 5.94. The summed E-state index contributed by atoms with van der Waals surface area (Å²) in [5.41, 5.74) is 17.3. The summed E-state index contributed by atoms with van der Waals surface area (Å²) in [6.07, 6.45) is 3.82. The largest absolute Gasteiger partial charge is 0.384 e. The Morgan fingerprint density at radius 3 is 1.88 bits per heavy atom. The average molecular weight is 431 g/mol. The van der Waals surface area contributed by atoms with Crippen LogP contribution in [-0.2, 0) is 26.9 Å². The van der Waals surface area contributed by atoms with E-state index in [4.69, 9.17) is 26.8 Å². The van der Waals surface area contributed by atoms with E-state index in [2.05, 4.69) is 27.2 Å². The second kappa shape index (κ2) is 8.82. The first-order valence-electron chi connectivity index (χ1n) is 10.9. The number of hydrogen-bond acceptors (Lipinski definition) is 4. The number of rotatable bonds is 8. The van der Waals surface area contributed by atoms with E-state index in [1.807, 2.05) is 44.3 Å². The molecule has 0 atom stereocenters. The van der Waals surface area contributed by atoms with Gasteiger partial charge in [0.1, 0.15) is 23.3 Å². The van der Waals surface area contributed by atoms with Crippen molar-refractivity contribution in [3.63, 3.8) is 0 Å². The molecule has 166 valence electrons. The van der Waals surface area contributed by atoms with Crippen LogP contribution in [0.5, 0.6) is 0 Å². The molecule has 0 aliphatic heterocycles. The molecule has 0 fully saturated rings. The minimum absolute atomic E-state index is 0.0639. The molecule has 32 heavy (non-hydrogen) atoms. The van der Waals surface area contributed by atoms with E-state index in [0.717, 1.165) is 65.0 Å². The van der Waals surface area contributed by atoms with Crippen molar-refractivity contribution in [3.8, 4) is 0 Å². The quantitative estimate of drug-likeness (QED) is 0.226.